The number of nitrogens with zero attached hydrogens (tertiary/aromatic N) is 2. The van der Waals surface area contributed by atoms with Crippen molar-refractivity contribution in [2.24, 2.45) is 0 Å². The highest BCUT2D eigenvalue weighted by molar-refractivity contribution is 7.98. The number of nitrogens with one attached hydrogen (secondary N) is 2. The van der Waals surface area contributed by atoms with Gasteiger partial charge in [0, 0.05) is 5.69 Å². The summed E-state index contributed by atoms with van der Waals surface area (Å²) in [5.74, 6) is 2.26. The van der Waals surface area contributed by atoms with E-state index in [9.17, 15) is 0 Å². The molecule has 2 N–H and O–H groups in total. The van der Waals surface area contributed by atoms with Crippen molar-refractivity contribution < 1.29 is 4.42 Å². The Kier molecular flexibility index (Phi) is 3.73. The van der Waals surface area contributed by atoms with Gasteiger partial charge in [-0.05, 0) is 31.2 Å². The van der Waals surface area contributed by atoms with Crippen LogP contribution in [0.4, 0.5) is 11.6 Å². The molecule has 0 saturated heterocycles. The van der Waals surface area contributed by atoms with Crippen LogP contribution in [0, 0.1) is 6.92 Å². The lowest BCUT2D eigenvalue weighted by molar-refractivity contribution is 0.530. The van der Waals surface area contributed by atoms with Crippen LogP contribution in [0.2, 0.25) is 0 Å². The zero-order valence-electron chi connectivity index (χ0n) is 11.0. The Morgan fingerprint density at radius 1 is 1.25 bits per heavy atom. The van der Waals surface area contributed by atoms with Crippen LogP contribution in [0.5, 0.6) is 0 Å². The third-order valence-corrected chi connectivity index (χ3v) is 3.57. The highest BCUT2D eigenvalue weighted by Crippen LogP contribution is 2.21. The van der Waals surface area contributed by atoms with E-state index in [1.807, 2.05) is 36.4 Å². The molecule has 6 heteroatoms. The molecular formula is C14H14N4OS. The predicted molar refractivity (Wildman–Crippen MR) is 79.1 cm³/mol. The number of rotatable bonds is 5. The number of thioether (sulfide) groups is 1. The van der Waals surface area contributed by atoms with Crippen LogP contribution in [0.25, 0.3) is 0 Å². The molecule has 0 atom stereocenters. The summed E-state index contributed by atoms with van der Waals surface area (Å²) in [5.41, 5.74) is 2.21. The highest BCUT2D eigenvalue weighted by Gasteiger charge is 2.05. The molecule has 102 valence electrons. The molecule has 0 unspecified atom stereocenters. The zero-order chi connectivity index (χ0) is 13.8. The zero-order valence-corrected chi connectivity index (χ0v) is 11.8. The van der Waals surface area contributed by atoms with Crippen LogP contribution >= 0.6 is 11.8 Å². The van der Waals surface area contributed by atoms with E-state index in [1.165, 1.54) is 17.3 Å². The van der Waals surface area contributed by atoms with Crippen LogP contribution in [-0.2, 0) is 5.75 Å². The molecule has 3 aromatic rings. The smallest absolute Gasteiger partial charge is 0.223 e. The van der Waals surface area contributed by atoms with Gasteiger partial charge in [0.15, 0.2) is 0 Å². The molecule has 2 aromatic heterocycles. The minimum Gasteiger partial charge on any atom is -0.468 e. The topological polar surface area (TPSA) is 66.7 Å². The van der Waals surface area contributed by atoms with Crippen LogP contribution in [0.1, 0.15) is 11.3 Å². The van der Waals surface area contributed by atoms with E-state index in [0.29, 0.717) is 11.1 Å². The molecule has 20 heavy (non-hydrogen) atoms. The largest absolute Gasteiger partial charge is 0.468 e. The van der Waals surface area contributed by atoms with E-state index in [1.54, 1.807) is 6.26 Å². The number of anilines is 2. The molecular weight excluding hydrogens is 272 g/mol. The van der Waals surface area contributed by atoms with E-state index < -0.39 is 0 Å². The van der Waals surface area contributed by atoms with E-state index in [0.717, 1.165) is 17.2 Å². The number of hydrogen-bond donors (Lipinski definition) is 2. The van der Waals surface area contributed by atoms with E-state index in [4.69, 9.17) is 4.42 Å². The van der Waals surface area contributed by atoms with Crippen LogP contribution in [0.3, 0.4) is 0 Å². The normalized spacial score (nSPS) is 10.7. The number of H-pyrrole nitrogens is 1. The van der Waals surface area contributed by atoms with Crippen molar-refractivity contribution in [2.75, 3.05) is 5.32 Å². The van der Waals surface area contributed by atoms with Gasteiger partial charge < -0.3 is 9.73 Å². The number of aromatic nitrogens is 3. The van der Waals surface area contributed by atoms with E-state index in [2.05, 4.69) is 27.4 Å². The fourth-order valence-corrected chi connectivity index (χ4v) is 2.37. The summed E-state index contributed by atoms with van der Waals surface area (Å²) in [7, 11) is 0. The Hall–Kier alpha value is -2.21. The Labute approximate surface area is 120 Å². The average Bonchev–Trinajstić information content (AvgIpc) is 3.10. The Morgan fingerprint density at radius 2 is 2.10 bits per heavy atom. The summed E-state index contributed by atoms with van der Waals surface area (Å²) < 4.78 is 5.27. The summed E-state index contributed by atoms with van der Waals surface area (Å²) >= 11 is 1.52. The van der Waals surface area contributed by atoms with Crippen molar-refractivity contribution in [3.63, 3.8) is 0 Å². The Morgan fingerprint density at radius 3 is 2.85 bits per heavy atom. The van der Waals surface area contributed by atoms with E-state index in [-0.39, 0.29) is 0 Å². The van der Waals surface area contributed by atoms with Crippen molar-refractivity contribution in [1.82, 2.24) is 15.2 Å². The van der Waals surface area contributed by atoms with Crippen LogP contribution in [-0.4, -0.2) is 15.2 Å². The van der Waals surface area contributed by atoms with Gasteiger partial charge >= 0.3 is 0 Å². The summed E-state index contributed by atoms with van der Waals surface area (Å²) in [6.45, 7) is 2.06. The maximum absolute atomic E-state index is 5.27. The lowest BCUT2D eigenvalue weighted by Gasteiger charge is -2.01. The summed E-state index contributed by atoms with van der Waals surface area (Å²) in [6.07, 6.45) is 1.66. The fourth-order valence-electron chi connectivity index (χ4n) is 1.67. The maximum atomic E-state index is 5.27. The molecule has 0 bridgehead atoms. The predicted octanol–water partition coefficient (Wildman–Crippen LogP) is 3.74. The average molecular weight is 286 g/mol. The first kappa shape index (κ1) is 12.8. The first-order valence-corrected chi connectivity index (χ1v) is 7.19. The molecule has 2 heterocycles. The number of furan rings is 1. The third-order valence-electron chi connectivity index (χ3n) is 2.70. The molecule has 0 amide bonds. The molecule has 0 radical (unpaired) electrons. The molecule has 0 fully saturated rings. The molecule has 5 nitrogen and oxygen atoms in total. The van der Waals surface area contributed by atoms with Crippen molar-refractivity contribution in [2.45, 2.75) is 17.8 Å². The number of aromatic amines is 1. The van der Waals surface area contributed by atoms with Gasteiger partial charge in [0.1, 0.15) is 5.76 Å². The molecule has 0 saturated carbocycles. The minimum atomic E-state index is 0.635. The molecule has 1 aromatic carbocycles. The van der Waals surface area contributed by atoms with Gasteiger partial charge in [0.25, 0.3) is 0 Å². The van der Waals surface area contributed by atoms with Crippen molar-refractivity contribution in [3.05, 3.63) is 54.0 Å². The lowest BCUT2D eigenvalue weighted by atomic mass is 10.2. The van der Waals surface area contributed by atoms with Crippen molar-refractivity contribution >= 4 is 23.4 Å². The quantitative estimate of drug-likeness (QED) is 0.699. The fraction of sp³-hybridized carbons (Fsp3) is 0.143. The standard InChI is InChI=1S/C14H14N4OS/c1-10-4-6-11(7-5-10)15-13-16-14(18-17-13)20-9-12-3-2-8-19-12/h2-8H,9H2,1H3,(H2,15,16,17,18). The first-order valence-electron chi connectivity index (χ1n) is 6.21. The molecule has 0 aliphatic rings. The second kappa shape index (κ2) is 5.83. The number of hydrogen-bond acceptors (Lipinski definition) is 5. The first-order chi connectivity index (χ1) is 9.79. The molecule has 3 rings (SSSR count). The summed E-state index contributed by atoms with van der Waals surface area (Å²) in [4.78, 5) is 4.37. The van der Waals surface area contributed by atoms with Crippen LogP contribution in [0.15, 0.2) is 52.2 Å². The van der Waals surface area contributed by atoms with Gasteiger partial charge in [-0.3, -0.25) is 0 Å². The van der Waals surface area contributed by atoms with Gasteiger partial charge in [-0.1, -0.05) is 29.5 Å². The maximum Gasteiger partial charge on any atom is 0.223 e. The van der Waals surface area contributed by atoms with Crippen LogP contribution < -0.4 is 5.32 Å². The lowest BCUT2D eigenvalue weighted by Crippen LogP contribution is -1.92. The van der Waals surface area contributed by atoms with Gasteiger partial charge in [0.2, 0.25) is 11.1 Å². The second-order valence-electron chi connectivity index (χ2n) is 4.33. The van der Waals surface area contributed by atoms with Gasteiger partial charge in [-0.2, -0.15) is 4.98 Å². The monoisotopic (exact) mass is 286 g/mol. The van der Waals surface area contributed by atoms with Crippen molar-refractivity contribution in [1.29, 1.82) is 0 Å². The summed E-state index contributed by atoms with van der Waals surface area (Å²) in [5, 5.41) is 10.9. The Balaban J connectivity index is 1.60. The molecule has 0 aliphatic heterocycles. The number of benzene rings is 1. The minimum absolute atomic E-state index is 0.635. The third kappa shape index (κ3) is 3.21. The highest BCUT2D eigenvalue weighted by atomic mass is 32.2. The second-order valence-corrected chi connectivity index (χ2v) is 5.27. The van der Waals surface area contributed by atoms with E-state index >= 15 is 0 Å². The van der Waals surface area contributed by atoms with Crippen molar-refractivity contribution in [3.8, 4) is 0 Å². The Bertz CT molecular complexity index is 661. The number of aryl methyl sites for hydroxylation is 1. The van der Waals surface area contributed by atoms with Gasteiger partial charge in [-0.25, -0.2) is 5.10 Å². The molecule has 0 spiro atoms. The molecule has 0 aliphatic carbocycles. The SMILES string of the molecule is Cc1ccc(Nc2nc(SCc3ccco3)n[nH]2)cc1. The van der Waals surface area contributed by atoms with Gasteiger partial charge in [-0.15, -0.1) is 5.10 Å². The van der Waals surface area contributed by atoms with Gasteiger partial charge in [0.05, 0.1) is 12.0 Å². The summed E-state index contributed by atoms with van der Waals surface area (Å²) in [6, 6.07) is 11.9.